The summed E-state index contributed by atoms with van der Waals surface area (Å²) >= 11 is 0. The van der Waals surface area contributed by atoms with Crippen LogP contribution in [0.3, 0.4) is 0 Å². The number of carbonyl (C=O) groups is 2. The molecule has 0 aliphatic carbocycles. The van der Waals surface area contributed by atoms with Crippen LogP contribution in [0, 0.1) is 5.92 Å². The molecule has 0 aromatic carbocycles. The first-order valence-corrected chi connectivity index (χ1v) is 7.40. The third-order valence-corrected chi connectivity index (χ3v) is 4.37. The van der Waals surface area contributed by atoms with E-state index in [9.17, 15) is 9.59 Å². The minimum atomic E-state index is -0.173. The molecule has 2 fully saturated rings. The Balaban J connectivity index is 2.19. The first-order chi connectivity index (χ1) is 9.02. The quantitative estimate of drug-likeness (QED) is 0.732. The molecule has 0 radical (unpaired) electrons. The van der Waals surface area contributed by atoms with Gasteiger partial charge < -0.3 is 4.74 Å². The third kappa shape index (κ3) is 3.16. The predicted molar refractivity (Wildman–Crippen MR) is 72.8 cm³/mol. The molecule has 2 rings (SSSR count). The van der Waals surface area contributed by atoms with Crippen LogP contribution in [0.25, 0.3) is 0 Å². The van der Waals surface area contributed by atoms with Crippen molar-refractivity contribution in [2.24, 2.45) is 5.92 Å². The first-order valence-electron chi connectivity index (χ1n) is 7.40. The van der Waals surface area contributed by atoms with Crippen LogP contribution in [0.1, 0.15) is 52.4 Å². The van der Waals surface area contributed by atoms with E-state index in [2.05, 4.69) is 18.7 Å². The van der Waals surface area contributed by atoms with E-state index in [1.807, 2.05) is 0 Å². The molecule has 0 aromatic heterocycles. The summed E-state index contributed by atoms with van der Waals surface area (Å²) in [6.07, 6.45) is 5.29. The fourth-order valence-corrected chi connectivity index (χ4v) is 3.64. The molecule has 4 nitrogen and oxygen atoms in total. The van der Waals surface area contributed by atoms with E-state index in [4.69, 9.17) is 4.74 Å². The van der Waals surface area contributed by atoms with Crippen LogP contribution >= 0.6 is 0 Å². The summed E-state index contributed by atoms with van der Waals surface area (Å²) in [6.45, 7) is 4.25. The highest BCUT2D eigenvalue weighted by Crippen LogP contribution is 2.35. The molecule has 2 saturated heterocycles. The Kier molecular flexibility index (Phi) is 4.61. The molecule has 0 saturated carbocycles. The topological polar surface area (TPSA) is 46.6 Å². The minimum absolute atomic E-state index is 0.139. The van der Waals surface area contributed by atoms with Gasteiger partial charge in [-0.1, -0.05) is 20.3 Å². The molecular formula is C15H25NO3. The van der Waals surface area contributed by atoms with Crippen LogP contribution in [-0.4, -0.2) is 41.9 Å². The molecule has 4 heteroatoms. The molecule has 3 atom stereocenters. The molecule has 108 valence electrons. The van der Waals surface area contributed by atoms with Crippen LogP contribution in [0.15, 0.2) is 0 Å². The maximum absolute atomic E-state index is 12.1. The Labute approximate surface area is 115 Å². The van der Waals surface area contributed by atoms with Crippen molar-refractivity contribution in [3.05, 3.63) is 0 Å². The number of ketones is 1. The monoisotopic (exact) mass is 267 g/mol. The van der Waals surface area contributed by atoms with Crippen molar-refractivity contribution in [2.45, 2.75) is 70.5 Å². The van der Waals surface area contributed by atoms with E-state index >= 15 is 0 Å². The summed E-state index contributed by atoms with van der Waals surface area (Å²) in [4.78, 5) is 26.2. The predicted octanol–water partition coefficient (Wildman–Crippen LogP) is 2.16. The van der Waals surface area contributed by atoms with Crippen molar-refractivity contribution in [3.8, 4) is 0 Å². The van der Waals surface area contributed by atoms with Crippen LogP contribution in [-0.2, 0) is 14.3 Å². The van der Waals surface area contributed by atoms with Gasteiger partial charge in [0.05, 0.1) is 7.11 Å². The van der Waals surface area contributed by atoms with E-state index < -0.39 is 0 Å². The Morgan fingerprint density at radius 2 is 1.89 bits per heavy atom. The normalized spacial score (nSPS) is 29.4. The lowest BCUT2D eigenvalue weighted by Crippen LogP contribution is -2.59. The maximum Gasteiger partial charge on any atom is 0.323 e. The minimum Gasteiger partial charge on any atom is -0.468 e. The number of carbonyl (C=O) groups excluding carboxylic acids is 2. The number of fused-ring (bicyclic) bond motifs is 2. The number of hydrogen-bond donors (Lipinski definition) is 0. The number of ether oxygens (including phenoxy) is 1. The lowest BCUT2D eigenvalue weighted by Gasteiger charge is -2.48. The average molecular weight is 267 g/mol. The lowest BCUT2D eigenvalue weighted by atomic mass is 9.81. The zero-order chi connectivity index (χ0) is 14.0. The van der Waals surface area contributed by atoms with E-state index in [0.29, 0.717) is 24.5 Å². The maximum atomic E-state index is 12.1. The van der Waals surface area contributed by atoms with Crippen molar-refractivity contribution in [1.82, 2.24) is 4.90 Å². The van der Waals surface area contributed by atoms with E-state index in [0.717, 1.165) is 19.3 Å². The van der Waals surface area contributed by atoms with E-state index in [1.54, 1.807) is 0 Å². The average Bonchev–Trinajstić information content (AvgIpc) is 2.34. The molecule has 2 heterocycles. The lowest BCUT2D eigenvalue weighted by molar-refractivity contribution is -0.155. The number of Topliss-reactive ketones (excluding diaryl/α,β-unsaturated/α-hetero) is 1. The molecule has 0 aromatic rings. The summed E-state index contributed by atoms with van der Waals surface area (Å²) in [5.41, 5.74) is 0. The van der Waals surface area contributed by atoms with Crippen LogP contribution in [0.4, 0.5) is 0 Å². The van der Waals surface area contributed by atoms with Gasteiger partial charge in [-0.15, -0.1) is 0 Å². The zero-order valence-corrected chi connectivity index (χ0v) is 12.2. The molecule has 2 aliphatic heterocycles. The molecule has 0 amide bonds. The second kappa shape index (κ2) is 6.04. The molecular weight excluding hydrogens is 242 g/mol. The van der Waals surface area contributed by atoms with Crippen molar-refractivity contribution in [3.63, 3.8) is 0 Å². The van der Waals surface area contributed by atoms with Gasteiger partial charge in [-0.2, -0.15) is 0 Å². The summed E-state index contributed by atoms with van der Waals surface area (Å²) in [7, 11) is 1.46. The van der Waals surface area contributed by atoms with Crippen molar-refractivity contribution in [1.29, 1.82) is 0 Å². The molecule has 0 N–H and O–H groups in total. The SMILES string of the molecule is COC(=O)C(CC(C)C)N1C2CCCC1CC(=O)C2. The largest absolute Gasteiger partial charge is 0.468 e. The standard InChI is InChI=1S/C15H25NO3/c1-10(2)7-14(15(18)19-3)16-11-5-4-6-12(16)9-13(17)8-11/h10-12,14H,4-9H2,1-3H3. The van der Waals surface area contributed by atoms with Gasteiger partial charge in [0, 0.05) is 24.9 Å². The third-order valence-electron chi connectivity index (χ3n) is 4.37. The Morgan fingerprint density at radius 3 is 2.37 bits per heavy atom. The number of nitrogens with zero attached hydrogens (tertiary/aromatic N) is 1. The second-order valence-electron chi connectivity index (χ2n) is 6.30. The first kappa shape index (κ1) is 14.5. The molecule has 19 heavy (non-hydrogen) atoms. The fourth-order valence-electron chi connectivity index (χ4n) is 3.64. The van der Waals surface area contributed by atoms with Crippen LogP contribution in [0.2, 0.25) is 0 Å². The van der Waals surface area contributed by atoms with Crippen molar-refractivity contribution < 1.29 is 14.3 Å². The van der Waals surface area contributed by atoms with Crippen molar-refractivity contribution >= 4 is 11.8 Å². The smallest absolute Gasteiger partial charge is 0.323 e. The Bertz CT molecular complexity index is 337. The Hall–Kier alpha value is -0.900. The number of esters is 1. The molecule has 2 bridgehead atoms. The highest BCUT2D eigenvalue weighted by Gasteiger charge is 2.43. The van der Waals surface area contributed by atoms with Gasteiger partial charge in [0.2, 0.25) is 0 Å². The van der Waals surface area contributed by atoms with Crippen molar-refractivity contribution in [2.75, 3.05) is 7.11 Å². The van der Waals surface area contributed by atoms with Gasteiger partial charge >= 0.3 is 5.97 Å². The fraction of sp³-hybridized carbons (Fsp3) is 0.867. The second-order valence-corrected chi connectivity index (χ2v) is 6.30. The van der Waals surface area contributed by atoms with Gasteiger partial charge in [0.25, 0.3) is 0 Å². The number of rotatable bonds is 4. The van der Waals surface area contributed by atoms with Gasteiger partial charge in [-0.05, 0) is 25.2 Å². The summed E-state index contributed by atoms with van der Waals surface area (Å²) < 4.78 is 4.99. The summed E-state index contributed by atoms with van der Waals surface area (Å²) in [6, 6.07) is 0.332. The molecule has 2 aliphatic rings. The van der Waals surface area contributed by atoms with Gasteiger partial charge in [0.15, 0.2) is 0 Å². The van der Waals surface area contributed by atoms with Gasteiger partial charge in [-0.25, -0.2) is 0 Å². The molecule has 0 spiro atoms. The van der Waals surface area contributed by atoms with Crippen LogP contribution in [0.5, 0.6) is 0 Å². The summed E-state index contributed by atoms with van der Waals surface area (Å²) in [5.74, 6) is 0.668. The number of hydrogen-bond acceptors (Lipinski definition) is 4. The highest BCUT2D eigenvalue weighted by molar-refractivity contribution is 5.82. The van der Waals surface area contributed by atoms with E-state index in [-0.39, 0.29) is 24.1 Å². The highest BCUT2D eigenvalue weighted by atomic mass is 16.5. The van der Waals surface area contributed by atoms with E-state index in [1.165, 1.54) is 13.5 Å². The Morgan fingerprint density at radius 1 is 1.32 bits per heavy atom. The van der Waals surface area contributed by atoms with Gasteiger partial charge in [-0.3, -0.25) is 14.5 Å². The zero-order valence-electron chi connectivity index (χ0n) is 12.2. The number of methoxy groups -OCH3 is 1. The summed E-state index contributed by atoms with van der Waals surface area (Å²) in [5, 5.41) is 0. The van der Waals surface area contributed by atoms with Gasteiger partial charge in [0.1, 0.15) is 11.8 Å². The van der Waals surface area contributed by atoms with Crippen LogP contribution < -0.4 is 0 Å². The number of piperidine rings is 2. The molecule has 3 unspecified atom stereocenters.